The van der Waals surface area contributed by atoms with Gasteiger partial charge in [-0.25, -0.2) is 58.5 Å². The van der Waals surface area contributed by atoms with Gasteiger partial charge in [-0.1, -0.05) is 17.7 Å². The van der Waals surface area contributed by atoms with Gasteiger partial charge >= 0.3 is 0 Å². The number of fused-ring (bicyclic) bond motifs is 5. The maximum absolute atomic E-state index is 15.6. The Morgan fingerprint density at radius 2 is 1.67 bits per heavy atom. The zero-order valence-electron chi connectivity index (χ0n) is 33.8. The third-order valence-electron chi connectivity index (χ3n) is 11.2. The quantitative estimate of drug-likeness (QED) is 0.102. The first-order valence-corrected chi connectivity index (χ1v) is 22.0. The van der Waals surface area contributed by atoms with Crippen molar-refractivity contribution in [3.63, 3.8) is 0 Å². The fraction of sp³-hybridized carbons (Fsp3) is 0.293. The van der Waals surface area contributed by atoms with Gasteiger partial charge in [0.1, 0.15) is 47.6 Å². The lowest BCUT2D eigenvalue weighted by molar-refractivity contribution is -0.123. The first-order chi connectivity index (χ1) is 31.6. The number of hydrogen-bond acceptors (Lipinski definition) is 9. The molecule has 3 atom stereocenters. The second-order valence-electron chi connectivity index (χ2n) is 15.8. The number of nitrogens with one attached hydrogen (secondary N) is 2. The zero-order chi connectivity index (χ0) is 48.0. The van der Waals surface area contributed by atoms with Crippen molar-refractivity contribution < 1.29 is 57.1 Å². The summed E-state index contributed by atoms with van der Waals surface area (Å²) in [7, 11) is -4.18. The molecular formula is C41H29ClF10N10O4S. The molecule has 26 heteroatoms. The molecule has 1 fully saturated rings. The highest BCUT2D eigenvalue weighted by molar-refractivity contribution is 7.92. The van der Waals surface area contributed by atoms with Crippen LogP contribution in [-0.2, 0) is 40.3 Å². The highest BCUT2D eigenvalue weighted by Crippen LogP contribution is 2.68. The Labute approximate surface area is 374 Å². The van der Waals surface area contributed by atoms with Crippen molar-refractivity contribution in [1.29, 1.82) is 0 Å². The fourth-order valence-electron chi connectivity index (χ4n) is 8.52. The van der Waals surface area contributed by atoms with Gasteiger partial charge < -0.3 is 5.32 Å². The number of hydrogen-bond donors (Lipinski definition) is 2. The van der Waals surface area contributed by atoms with E-state index in [0.717, 1.165) is 47.4 Å². The van der Waals surface area contributed by atoms with Crippen molar-refractivity contribution in [2.75, 3.05) is 11.0 Å². The summed E-state index contributed by atoms with van der Waals surface area (Å²) >= 11 is 6.55. The van der Waals surface area contributed by atoms with Gasteiger partial charge in [0.2, 0.25) is 15.9 Å². The number of carbonyl (C=O) groups is 1. The van der Waals surface area contributed by atoms with Crippen LogP contribution in [0.2, 0.25) is 5.02 Å². The molecule has 0 bridgehead atoms. The van der Waals surface area contributed by atoms with Crippen LogP contribution in [0.3, 0.4) is 0 Å². The Bertz CT molecular complexity index is 3330. The molecule has 4 aromatic heterocycles. The van der Waals surface area contributed by atoms with E-state index in [9.17, 15) is 48.3 Å². The van der Waals surface area contributed by atoms with E-state index in [-0.39, 0.29) is 55.9 Å². The molecule has 0 aliphatic heterocycles. The summed E-state index contributed by atoms with van der Waals surface area (Å²) in [5.41, 5.74) is -5.13. The maximum atomic E-state index is 15.6. The van der Waals surface area contributed by atoms with Gasteiger partial charge in [-0.05, 0) is 60.4 Å². The van der Waals surface area contributed by atoms with Gasteiger partial charge in [0.25, 0.3) is 30.8 Å². The lowest BCUT2D eigenvalue weighted by Crippen LogP contribution is -2.38. The molecule has 14 nitrogen and oxygen atoms in total. The Morgan fingerprint density at radius 1 is 0.940 bits per heavy atom. The molecule has 350 valence electrons. The van der Waals surface area contributed by atoms with E-state index in [1.54, 1.807) is 0 Å². The molecule has 7 aromatic rings. The van der Waals surface area contributed by atoms with Crippen molar-refractivity contribution in [1.82, 2.24) is 44.4 Å². The molecule has 9 rings (SSSR count). The number of sulfonamides is 1. The van der Waals surface area contributed by atoms with Crippen LogP contribution in [0.1, 0.15) is 65.3 Å². The van der Waals surface area contributed by atoms with E-state index in [1.165, 1.54) is 18.2 Å². The SMILES string of the molecule is CS(=O)(=O)Nc1nn(CC(F)F)c2c(-n3c([C@H](Cc4cc(F)cc(F)c4)NC(=O)Cn4nc(C(F)F)c5c4C(F)(F)[C@@H]4C[C@H]54)nc4cc(-c5nccc(C(F)F)n5)ccc4c3=O)ccc(Cl)c12. The van der Waals surface area contributed by atoms with Crippen LogP contribution in [-0.4, -0.2) is 66.1 Å². The van der Waals surface area contributed by atoms with Crippen LogP contribution in [0, 0.1) is 17.6 Å². The summed E-state index contributed by atoms with van der Waals surface area (Å²) in [6.45, 7) is -2.35. The van der Waals surface area contributed by atoms with Crippen LogP contribution in [0.4, 0.5) is 49.7 Å². The van der Waals surface area contributed by atoms with Gasteiger partial charge in [-0.15, -0.1) is 0 Å². The van der Waals surface area contributed by atoms with Crippen molar-refractivity contribution in [3.05, 3.63) is 122 Å². The van der Waals surface area contributed by atoms with Gasteiger partial charge in [-0.3, -0.25) is 28.2 Å². The first kappa shape index (κ1) is 45.5. The minimum Gasteiger partial charge on any atom is -0.344 e. The average Bonchev–Trinajstić information content (AvgIpc) is 3.77. The standard InChI is InChI=1S/C41H29ClF10N10O4S/c1-67(65,66)59-38-31-23(42)4-5-27(33(31)60(58-38)14-28(45)46)62-39(56-25-11-17(2-3-20(25)40(62)64)37-53-7-6-24(55-37)35(47)48)26(10-16-8-18(43)12-19(44)9-16)54-29(63)15-61-34-30(32(57-61)36(49)50)21-13-22(21)41(34,51)52/h2-9,11-12,21-22,26,28,35-36H,10,13-15H2,1H3,(H,54,63)(H,58,59)/t21-,22+,26-/m0/s1. The summed E-state index contributed by atoms with van der Waals surface area (Å²) in [6.07, 6.45) is -8.44. The van der Waals surface area contributed by atoms with E-state index >= 15 is 13.6 Å². The van der Waals surface area contributed by atoms with Crippen molar-refractivity contribution in [2.45, 2.75) is 63.1 Å². The van der Waals surface area contributed by atoms with Crippen LogP contribution in [0.25, 0.3) is 38.9 Å². The predicted octanol–water partition coefficient (Wildman–Crippen LogP) is 8.14. The first-order valence-electron chi connectivity index (χ1n) is 19.7. The molecule has 0 unspecified atom stereocenters. The number of rotatable bonds is 14. The monoisotopic (exact) mass is 982 g/mol. The average molecular weight is 983 g/mol. The number of aromatic nitrogens is 8. The minimum atomic E-state index is -4.18. The van der Waals surface area contributed by atoms with Crippen molar-refractivity contribution in [3.8, 4) is 17.1 Å². The third-order valence-corrected chi connectivity index (χ3v) is 12.1. The van der Waals surface area contributed by atoms with E-state index in [0.29, 0.717) is 15.4 Å². The summed E-state index contributed by atoms with van der Waals surface area (Å²) in [6, 6.07) is 7.36. The Balaban J connectivity index is 1.28. The number of anilines is 1. The largest absolute Gasteiger partial charge is 0.344 e. The summed E-state index contributed by atoms with van der Waals surface area (Å²) in [4.78, 5) is 41.8. The fourth-order valence-corrected chi connectivity index (χ4v) is 9.26. The van der Waals surface area contributed by atoms with Crippen LogP contribution < -0.4 is 15.6 Å². The Morgan fingerprint density at radius 3 is 2.34 bits per heavy atom. The molecule has 3 aromatic carbocycles. The maximum Gasteiger partial charge on any atom is 0.293 e. The van der Waals surface area contributed by atoms with Crippen molar-refractivity contribution >= 4 is 55.2 Å². The second-order valence-corrected chi connectivity index (χ2v) is 18.0. The molecule has 4 heterocycles. The number of carbonyl (C=O) groups excluding carboxylic acids is 1. The molecule has 1 amide bonds. The Kier molecular flexibility index (Phi) is 11.3. The van der Waals surface area contributed by atoms with E-state index in [2.05, 4.69) is 35.2 Å². The molecule has 67 heavy (non-hydrogen) atoms. The summed E-state index contributed by atoms with van der Waals surface area (Å²) in [5, 5.41) is 9.37. The molecule has 0 saturated heterocycles. The van der Waals surface area contributed by atoms with Crippen LogP contribution in [0.15, 0.2) is 65.6 Å². The topological polar surface area (TPSA) is 172 Å². The number of nitrogens with zero attached hydrogens (tertiary/aromatic N) is 8. The van der Waals surface area contributed by atoms with E-state index in [1.807, 2.05) is 0 Å². The molecule has 0 radical (unpaired) electrons. The predicted molar refractivity (Wildman–Crippen MR) is 219 cm³/mol. The van der Waals surface area contributed by atoms with Gasteiger partial charge in [-0.2, -0.15) is 19.0 Å². The highest BCUT2D eigenvalue weighted by atomic mass is 35.5. The Hall–Kier alpha value is -6.63. The number of amides is 1. The molecule has 2 aliphatic rings. The number of alkyl halides is 8. The van der Waals surface area contributed by atoms with Gasteiger partial charge in [0.05, 0.1) is 44.8 Å². The molecule has 0 spiro atoms. The van der Waals surface area contributed by atoms with E-state index < -0.39 is 130 Å². The summed E-state index contributed by atoms with van der Waals surface area (Å²) in [5.74, 6) is -10.7. The van der Waals surface area contributed by atoms with Crippen molar-refractivity contribution in [2.24, 2.45) is 5.92 Å². The number of halogens is 11. The van der Waals surface area contributed by atoms with Gasteiger partial charge in [0.15, 0.2) is 11.6 Å². The molecule has 1 saturated carbocycles. The zero-order valence-corrected chi connectivity index (χ0v) is 35.4. The normalized spacial score (nSPS) is 16.9. The lowest BCUT2D eigenvalue weighted by atomic mass is 10.0. The van der Waals surface area contributed by atoms with E-state index in [4.69, 9.17) is 11.6 Å². The summed E-state index contributed by atoms with van der Waals surface area (Å²) < 4.78 is 174. The highest BCUT2D eigenvalue weighted by Gasteiger charge is 2.67. The molecular weight excluding hydrogens is 954 g/mol. The van der Waals surface area contributed by atoms with Gasteiger partial charge in [0, 0.05) is 35.7 Å². The number of benzene rings is 3. The van der Waals surface area contributed by atoms with Crippen LogP contribution >= 0.6 is 11.6 Å². The third kappa shape index (κ3) is 8.42. The molecule has 2 aliphatic carbocycles. The van der Waals surface area contributed by atoms with Crippen LogP contribution in [0.5, 0.6) is 0 Å². The second kappa shape index (κ2) is 16.6. The smallest absolute Gasteiger partial charge is 0.293 e. The lowest BCUT2D eigenvalue weighted by Gasteiger charge is -2.24. The minimum absolute atomic E-state index is 0.0279. The molecule has 2 N–H and O–H groups in total.